The van der Waals surface area contributed by atoms with Crippen LogP contribution in [0, 0.1) is 10.1 Å². The highest BCUT2D eigenvalue weighted by molar-refractivity contribution is 6.33. The van der Waals surface area contributed by atoms with Gasteiger partial charge in [0, 0.05) is 31.8 Å². The Labute approximate surface area is 157 Å². The summed E-state index contributed by atoms with van der Waals surface area (Å²) in [6.07, 6.45) is 1.21. The molecule has 4 amide bonds. The number of likely N-dealkylation sites (N-methyl/N-ethyl adjacent to an activating group) is 2. The van der Waals surface area contributed by atoms with Gasteiger partial charge in [0.2, 0.25) is 0 Å². The second-order valence-corrected chi connectivity index (χ2v) is 6.10. The number of hydrogen-bond acceptors (Lipinski definition) is 6. The van der Waals surface area contributed by atoms with Crippen LogP contribution in [0.4, 0.5) is 10.5 Å². The van der Waals surface area contributed by atoms with E-state index in [4.69, 9.17) is 16.0 Å². The summed E-state index contributed by atoms with van der Waals surface area (Å²) in [5.41, 5.74) is -0.114. The van der Waals surface area contributed by atoms with Crippen LogP contribution in [0.1, 0.15) is 5.76 Å². The van der Waals surface area contributed by atoms with Gasteiger partial charge in [0.25, 0.3) is 17.5 Å². The number of imide groups is 2. The fourth-order valence-corrected chi connectivity index (χ4v) is 2.72. The van der Waals surface area contributed by atoms with Gasteiger partial charge in [0.05, 0.1) is 9.95 Å². The number of nitro benzene ring substituents is 1. The van der Waals surface area contributed by atoms with Crippen molar-refractivity contribution >= 4 is 41.2 Å². The summed E-state index contributed by atoms with van der Waals surface area (Å²) in [5, 5.41) is 11.2. The van der Waals surface area contributed by atoms with Gasteiger partial charge in [-0.15, -0.1) is 0 Å². The SMILES string of the molecule is CN1C(=O)C(=Cc2ccc(-c3cc([N+](=O)[O-])ccc3Cl)o2)C(=O)N(C)C1=O. The van der Waals surface area contributed by atoms with Gasteiger partial charge >= 0.3 is 6.03 Å². The number of barbiturate groups is 1. The van der Waals surface area contributed by atoms with Gasteiger partial charge < -0.3 is 4.42 Å². The molecule has 0 atom stereocenters. The largest absolute Gasteiger partial charge is 0.457 e. The summed E-state index contributed by atoms with van der Waals surface area (Å²) in [6.45, 7) is 0. The first kappa shape index (κ1) is 18.3. The molecule has 27 heavy (non-hydrogen) atoms. The van der Waals surface area contributed by atoms with Crippen molar-refractivity contribution in [3.05, 3.63) is 56.8 Å². The molecule has 0 aliphatic carbocycles. The van der Waals surface area contributed by atoms with Crippen molar-refractivity contribution in [2.45, 2.75) is 0 Å². The Hall–Kier alpha value is -3.46. The summed E-state index contributed by atoms with van der Waals surface area (Å²) in [4.78, 5) is 48.1. The molecular formula is C17H12ClN3O6. The maximum atomic E-state index is 12.2. The zero-order valence-electron chi connectivity index (χ0n) is 14.1. The molecule has 2 aromatic rings. The minimum Gasteiger partial charge on any atom is -0.457 e. The van der Waals surface area contributed by atoms with Crippen LogP contribution < -0.4 is 0 Å². The smallest absolute Gasteiger partial charge is 0.333 e. The van der Waals surface area contributed by atoms with Gasteiger partial charge in [-0.2, -0.15) is 0 Å². The number of nitro groups is 1. The van der Waals surface area contributed by atoms with Crippen molar-refractivity contribution in [3.63, 3.8) is 0 Å². The number of halogens is 1. The highest BCUT2D eigenvalue weighted by Crippen LogP contribution is 2.33. The molecule has 1 saturated heterocycles. The molecule has 1 fully saturated rings. The van der Waals surface area contributed by atoms with Crippen molar-refractivity contribution < 1.29 is 23.7 Å². The maximum Gasteiger partial charge on any atom is 0.333 e. The fourth-order valence-electron chi connectivity index (χ4n) is 2.51. The Morgan fingerprint density at radius 2 is 1.70 bits per heavy atom. The second-order valence-electron chi connectivity index (χ2n) is 5.69. The molecule has 3 rings (SSSR count). The van der Waals surface area contributed by atoms with Crippen LogP contribution in [0.15, 0.2) is 40.3 Å². The van der Waals surface area contributed by atoms with E-state index in [0.29, 0.717) is 5.56 Å². The molecule has 0 radical (unpaired) electrons. The van der Waals surface area contributed by atoms with Crippen molar-refractivity contribution in [3.8, 4) is 11.3 Å². The maximum absolute atomic E-state index is 12.2. The molecule has 9 nitrogen and oxygen atoms in total. The molecule has 0 N–H and O–H groups in total. The lowest BCUT2D eigenvalue weighted by Crippen LogP contribution is -2.52. The third-order valence-electron chi connectivity index (χ3n) is 3.98. The highest BCUT2D eigenvalue weighted by Gasteiger charge is 2.38. The van der Waals surface area contributed by atoms with E-state index in [1.165, 1.54) is 50.5 Å². The normalized spacial score (nSPS) is 14.8. The lowest BCUT2D eigenvalue weighted by molar-refractivity contribution is -0.384. The van der Waals surface area contributed by atoms with Crippen LogP contribution in [0.5, 0.6) is 0 Å². The number of carbonyl (C=O) groups excluding carboxylic acids is 3. The third-order valence-corrected chi connectivity index (χ3v) is 4.31. The minimum absolute atomic E-state index is 0.153. The lowest BCUT2D eigenvalue weighted by Gasteiger charge is -2.28. The van der Waals surface area contributed by atoms with E-state index in [2.05, 4.69) is 0 Å². The topological polar surface area (TPSA) is 114 Å². The van der Waals surface area contributed by atoms with Gasteiger partial charge in [0.15, 0.2) is 0 Å². The van der Waals surface area contributed by atoms with E-state index in [0.717, 1.165) is 9.80 Å². The third kappa shape index (κ3) is 3.20. The summed E-state index contributed by atoms with van der Waals surface area (Å²) in [5.74, 6) is -1.13. The van der Waals surface area contributed by atoms with Crippen LogP contribution in [0.25, 0.3) is 17.4 Å². The van der Waals surface area contributed by atoms with E-state index in [1.54, 1.807) is 0 Å². The number of hydrogen-bond donors (Lipinski definition) is 0. The van der Waals surface area contributed by atoms with Crippen LogP contribution in [0.3, 0.4) is 0 Å². The summed E-state index contributed by atoms with van der Waals surface area (Å²) in [7, 11) is 2.52. The van der Waals surface area contributed by atoms with Crippen molar-refractivity contribution in [1.29, 1.82) is 0 Å². The van der Waals surface area contributed by atoms with Crippen LogP contribution in [0.2, 0.25) is 5.02 Å². The van der Waals surface area contributed by atoms with Crippen LogP contribution in [-0.2, 0) is 9.59 Å². The van der Waals surface area contributed by atoms with E-state index in [1.807, 2.05) is 0 Å². The van der Waals surface area contributed by atoms with Crippen LogP contribution in [-0.4, -0.2) is 46.7 Å². The van der Waals surface area contributed by atoms with Gasteiger partial charge in [-0.05, 0) is 24.3 Å². The molecule has 0 saturated carbocycles. The van der Waals surface area contributed by atoms with E-state index < -0.39 is 22.8 Å². The number of non-ortho nitro benzene ring substituents is 1. The predicted octanol–water partition coefficient (Wildman–Crippen LogP) is 2.94. The Kier molecular flexibility index (Phi) is 4.54. The van der Waals surface area contributed by atoms with Crippen molar-refractivity contribution in [2.75, 3.05) is 14.1 Å². The Morgan fingerprint density at radius 1 is 1.07 bits per heavy atom. The molecule has 0 bridgehead atoms. The first-order valence-corrected chi connectivity index (χ1v) is 7.94. The first-order chi connectivity index (χ1) is 12.7. The molecule has 138 valence electrons. The molecule has 1 aliphatic heterocycles. The monoisotopic (exact) mass is 389 g/mol. The number of amides is 4. The van der Waals surface area contributed by atoms with E-state index in [-0.39, 0.29) is 27.8 Å². The molecule has 1 aliphatic rings. The van der Waals surface area contributed by atoms with Gasteiger partial charge in [-0.1, -0.05) is 11.6 Å². The minimum atomic E-state index is -0.755. The first-order valence-electron chi connectivity index (χ1n) is 7.56. The quantitative estimate of drug-likeness (QED) is 0.345. The molecule has 1 aromatic carbocycles. The Balaban J connectivity index is 1.99. The van der Waals surface area contributed by atoms with Crippen LogP contribution >= 0.6 is 11.6 Å². The number of carbonyl (C=O) groups is 3. The summed E-state index contributed by atoms with van der Waals surface area (Å²) < 4.78 is 5.57. The number of rotatable bonds is 3. The molecule has 0 unspecified atom stereocenters. The fraction of sp³-hybridized carbons (Fsp3) is 0.118. The van der Waals surface area contributed by atoms with Gasteiger partial charge in [-0.25, -0.2) is 4.79 Å². The van der Waals surface area contributed by atoms with Gasteiger partial charge in [0.1, 0.15) is 17.1 Å². The van der Waals surface area contributed by atoms with Crippen molar-refractivity contribution in [2.24, 2.45) is 0 Å². The van der Waals surface area contributed by atoms with Gasteiger partial charge in [-0.3, -0.25) is 29.5 Å². The predicted molar refractivity (Wildman–Crippen MR) is 94.7 cm³/mol. The average Bonchev–Trinajstić information content (AvgIpc) is 3.10. The number of nitrogens with zero attached hydrogens (tertiary/aromatic N) is 3. The second kappa shape index (κ2) is 6.69. The zero-order chi connectivity index (χ0) is 19.9. The molecule has 10 heteroatoms. The molecule has 0 spiro atoms. The molecule has 2 heterocycles. The number of benzene rings is 1. The van der Waals surface area contributed by atoms with E-state index >= 15 is 0 Å². The Morgan fingerprint density at radius 3 is 2.30 bits per heavy atom. The molecular weight excluding hydrogens is 378 g/mol. The average molecular weight is 390 g/mol. The number of furan rings is 1. The molecule has 1 aromatic heterocycles. The van der Waals surface area contributed by atoms with E-state index in [9.17, 15) is 24.5 Å². The Bertz CT molecular complexity index is 999. The summed E-state index contributed by atoms with van der Waals surface area (Å²) >= 11 is 6.08. The lowest BCUT2D eigenvalue weighted by atomic mass is 10.1. The highest BCUT2D eigenvalue weighted by atomic mass is 35.5. The zero-order valence-corrected chi connectivity index (χ0v) is 14.9. The standard InChI is InChI=1S/C17H12ClN3O6/c1-19-15(22)12(16(23)20(2)17(19)24)8-10-4-6-14(27-10)11-7-9(21(25)26)3-5-13(11)18/h3-8H,1-2H3. The van der Waals surface area contributed by atoms with Crippen molar-refractivity contribution in [1.82, 2.24) is 9.80 Å². The summed E-state index contributed by atoms with van der Waals surface area (Å²) in [6, 6.07) is 6.15. The number of urea groups is 1.